The van der Waals surface area contributed by atoms with E-state index in [1.165, 1.54) is 10.6 Å². The van der Waals surface area contributed by atoms with Gasteiger partial charge in [-0.05, 0) is 18.4 Å². The SMILES string of the molecule is Cc1cc(N2CCN(Cc3csc(-c4cccs4)n3)CC2)nc(C(C)C)n1. The van der Waals surface area contributed by atoms with E-state index in [2.05, 4.69) is 64.5 Å². The number of nitrogens with zero attached hydrogens (tertiary/aromatic N) is 5. The van der Waals surface area contributed by atoms with Crippen LogP contribution in [0.3, 0.4) is 0 Å². The first-order valence-corrected chi connectivity index (χ1v) is 11.2. The van der Waals surface area contributed by atoms with Crippen molar-refractivity contribution in [3.63, 3.8) is 0 Å². The van der Waals surface area contributed by atoms with Gasteiger partial charge in [0, 0.05) is 55.8 Å². The predicted octanol–water partition coefficient (Wildman–Crippen LogP) is 4.42. The first kappa shape index (κ1) is 18.5. The fourth-order valence-electron chi connectivity index (χ4n) is 3.25. The summed E-state index contributed by atoms with van der Waals surface area (Å²) in [5.74, 6) is 2.36. The van der Waals surface area contributed by atoms with Crippen LogP contribution in [-0.2, 0) is 6.54 Å². The molecule has 1 aliphatic rings. The summed E-state index contributed by atoms with van der Waals surface area (Å²) < 4.78 is 0. The number of thiophene rings is 1. The molecular weight excluding hydrogens is 374 g/mol. The van der Waals surface area contributed by atoms with Crippen molar-refractivity contribution in [3.8, 4) is 9.88 Å². The Morgan fingerprint density at radius 1 is 1.07 bits per heavy atom. The average molecular weight is 400 g/mol. The van der Waals surface area contributed by atoms with Crippen molar-refractivity contribution >= 4 is 28.5 Å². The van der Waals surface area contributed by atoms with E-state index in [-0.39, 0.29) is 0 Å². The number of aromatic nitrogens is 3. The maximum Gasteiger partial charge on any atom is 0.133 e. The highest BCUT2D eigenvalue weighted by Crippen LogP contribution is 2.28. The lowest BCUT2D eigenvalue weighted by Gasteiger charge is -2.35. The van der Waals surface area contributed by atoms with E-state index < -0.39 is 0 Å². The van der Waals surface area contributed by atoms with E-state index in [0.717, 1.165) is 55.1 Å². The fourth-order valence-corrected chi connectivity index (χ4v) is 4.88. The lowest BCUT2D eigenvalue weighted by Crippen LogP contribution is -2.46. The van der Waals surface area contributed by atoms with E-state index >= 15 is 0 Å². The first-order chi connectivity index (χ1) is 13.1. The zero-order chi connectivity index (χ0) is 18.8. The van der Waals surface area contributed by atoms with Gasteiger partial charge in [0.1, 0.15) is 16.6 Å². The van der Waals surface area contributed by atoms with Gasteiger partial charge in [0.25, 0.3) is 0 Å². The van der Waals surface area contributed by atoms with E-state index in [9.17, 15) is 0 Å². The van der Waals surface area contributed by atoms with Gasteiger partial charge in [-0.1, -0.05) is 19.9 Å². The van der Waals surface area contributed by atoms with Crippen molar-refractivity contribution < 1.29 is 0 Å². The zero-order valence-corrected chi connectivity index (χ0v) is 17.7. The van der Waals surface area contributed by atoms with Crippen LogP contribution in [0.5, 0.6) is 0 Å². The Morgan fingerprint density at radius 3 is 2.59 bits per heavy atom. The molecule has 7 heteroatoms. The van der Waals surface area contributed by atoms with Crippen molar-refractivity contribution in [3.05, 3.63) is 46.2 Å². The van der Waals surface area contributed by atoms with Crippen molar-refractivity contribution in [2.24, 2.45) is 0 Å². The Bertz CT molecular complexity index is 880. The molecule has 0 bridgehead atoms. The number of hydrogen-bond acceptors (Lipinski definition) is 7. The van der Waals surface area contributed by atoms with E-state index in [1.54, 1.807) is 22.7 Å². The lowest BCUT2D eigenvalue weighted by molar-refractivity contribution is 0.247. The van der Waals surface area contributed by atoms with Crippen LogP contribution < -0.4 is 4.90 Å². The molecule has 0 aliphatic carbocycles. The molecule has 27 heavy (non-hydrogen) atoms. The molecular formula is C20H25N5S2. The largest absolute Gasteiger partial charge is 0.354 e. The summed E-state index contributed by atoms with van der Waals surface area (Å²) in [5, 5.41) is 5.44. The molecule has 0 aromatic carbocycles. The Hall–Kier alpha value is -1.83. The van der Waals surface area contributed by atoms with Crippen molar-refractivity contribution in [1.29, 1.82) is 0 Å². The van der Waals surface area contributed by atoms with E-state index in [1.807, 2.05) is 0 Å². The maximum atomic E-state index is 4.82. The average Bonchev–Trinajstić information content (AvgIpc) is 3.33. The third kappa shape index (κ3) is 4.36. The summed E-state index contributed by atoms with van der Waals surface area (Å²) in [6.07, 6.45) is 0. The smallest absolute Gasteiger partial charge is 0.133 e. The highest BCUT2D eigenvalue weighted by atomic mass is 32.1. The first-order valence-electron chi connectivity index (χ1n) is 9.39. The normalized spacial score (nSPS) is 15.6. The highest BCUT2D eigenvalue weighted by molar-refractivity contribution is 7.20. The molecule has 3 aromatic rings. The molecule has 0 spiro atoms. The Balaban J connectivity index is 1.37. The topological polar surface area (TPSA) is 45.2 Å². The number of anilines is 1. The summed E-state index contributed by atoms with van der Waals surface area (Å²) >= 11 is 3.50. The van der Waals surface area contributed by atoms with Crippen molar-refractivity contribution in [1.82, 2.24) is 19.9 Å². The molecule has 0 unspecified atom stereocenters. The third-order valence-electron chi connectivity index (χ3n) is 4.74. The maximum absolute atomic E-state index is 4.82. The molecule has 1 fully saturated rings. The monoisotopic (exact) mass is 399 g/mol. The van der Waals surface area contributed by atoms with Crippen LogP contribution in [0.1, 0.15) is 37.0 Å². The second kappa shape index (κ2) is 8.04. The molecule has 0 amide bonds. The minimum absolute atomic E-state index is 0.354. The van der Waals surface area contributed by atoms with Gasteiger partial charge in [0.15, 0.2) is 0 Å². The van der Waals surface area contributed by atoms with Crippen LogP contribution >= 0.6 is 22.7 Å². The molecule has 0 atom stereocenters. The van der Waals surface area contributed by atoms with Gasteiger partial charge >= 0.3 is 0 Å². The minimum atomic E-state index is 0.354. The molecule has 4 rings (SSSR count). The molecule has 0 saturated carbocycles. The number of aryl methyl sites for hydroxylation is 1. The van der Waals surface area contributed by atoms with Crippen LogP contribution in [0.4, 0.5) is 5.82 Å². The number of thiazole rings is 1. The molecule has 1 aliphatic heterocycles. The molecule has 5 nitrogen and oxygen atoms in total. The van der Waals surface area contributed by atoms with Gasteiger partial charge in [0.05, 0.1) is 10.6 Å². The third-order valence-corrected chi connectivity index (χ3v) is 6.67. The summed E-state index contributed by atoms with van der Waals surface area (Å²) in [5.41, 5.74) is 2.23. The minimum Gasteiger partial charge on any atom is -0.354 e. The van der Waals surface area contributed by atoms with Gasteiger partial charge in [-0.25, -0.2) is 15.0 Å². The second-order valence-electron chi connectivity index (χ2n) is 7.26. The van der Waals surface area contributed by atoms with Crippen LogP contribution in [0.25, 0.3) is 9.88 Å². The summed E-state index contributed by atoms with van der Waals surface area (Å²) in [4.78, 5) is 20.3. The number of piperazine rings is 1. The molecule has 4 heterocycles. The van der Waals surface area contributed by atoms with Gasteiger partial charge in [-0.2, -0.15) is 0 Å². The second-order valence-corrected chi connectivity index (χ2v) is 9.07. The van der Waals surface area contributed by atoms with Crippen LogP contribution in [-0.4, -0.2) is 46.0 Å². The Morgan fingerprint density at radius 2 is 1.89 bits per heavy atom. The molecule has 1 saturated heterocycles. The van der Waals surface area contributed by atoms with Gasteiger partial charge in [-0.15, -0.1) is 22.7 Å². The summed E-state index contributed by atoms with van der Waals surface area (Å²) in [6.45, 7) is 11.3. The molecule has 142 valence electrons. The highest BCUT2D eigenvalue weighted by Gasteiger charge is 2.20. The van der Waals surface area contributed by atoms with Gasteiger partial charge < -0.3 is 4.90 Å². The van der Waals surface area contributed by atoms with Crippen LogP contribution in [0, 0.1) is 6.92 Å². The van der Waals surface area contributed by atoms with E-state index in [4.69, 9.17) is 9.97 Å². The lowest BCUT2D eigenvalue weighted by atomic mass is 10.2. The fraction of sp³-hybridized carbons (Fsp3) is 0.450. The zero-order valence-electron chi connectivity index (χ0n) is 16.1. The Labute approximate surface area is 168 Å². The molecule has 0 N–H and O–H groups in total. The van der Waals surface area contributed by atoms with Crippen LogP contribution in [0.15, 0.2) is 29.0 Å². The standard InChI is InChI=1S/C20H25N5S2/c1-14(2)19-21-15(3)11-18(23-19)25-8-6-24(7-9-25)12-16-13-27-20(22-16)17-5-4-10-26-17/h4-5,10-11,13-14H,6-9,12H2,1-3H3. The van der Waals surface area contributed by atoms with Gasteiger partial charge in [0.2, 0.25) is 0 Å². The number of rotatable bonds is 5. The molecule has 0 radical (unpaired) electrons. The summed E-state index contributed by atoms with van der Waals surface area (Å²) in [6, 6.07) is 6.33. The van der Waals surface area contributed by atoms with Gasteiger partial charge in [-0.3, -0.25) is 4.90 Å². The summed E-state index contributed by atoms with van der Waals surface area (Å²) in [7, 11) is 0. The van der Waals surface area contributed by atoms with E-state index in [0.29, 0.717) is 5.92 Å². The van der Waals surface area contributed by atoms with Crippen molar-refractivity contribution in [2.45, 2.75) is 33.2 Å². The quantitative estimate of drug-likeness (QED) is 0.636. The van der Waals surface area contributed by atoms with Crippen LogP contribution in [0.2, 0.25) is 0 Å². The number of hydrogen-bond donors (Lipinski definition) is 0. The Kier molecular flexibility index (Phi) is 5.52. The van der Waals surface area contributed by atoms with Crippen molar-refractivity contribution in [2.75, 3.05) is 31.1 Å². The molecule has 3 aromatic heterocycles. The predicted molar refractivity (Wildman–Crippen MR) is 114 cm³/mol.